The number of anilines is 1. The minimum atomic E-state index is 0.0583. The fourth-order valence-electron chi connectivity index (χ4n) is 2.46. The molecule has 0 aliphatic carbocycles. The van der Waals surface area contributed by atoms with Gasteiger partial charge in [-0.1, -0.05) is 30.3 Å². The van der Waals surface area contributed by atoms with Crippen molar-refractivity contribution in [2.45, 2.75) is 35.7 Å². The SMILES string of the molecule is CCc1c[nH]c2c(Cl)nc(C(C)Sc3nc(N)cc(SC)n3)cc12. The topological polar surface area (TPSA) is 80.5 Å². The molecule has 0 bridgehead atoms. The van der Waals surface area contributed by atoms with Gasteiger partial charge in [0.1, 0.15) is 10.8 Å². The van der Waals surface area contributed by atoms with Crippen LogP contribution in [0, 0.1) is 0 Å². The van der Waals surface area contributed by atoms with Crippen molar-refractivity contribution < 1.29 is 0 Å². The molecule has 3 aromatic rings. The van der Waals surface area contributed by atoms with Gasteiger partial charge in [-0.3, -0.25) is 0 Å². The Balaban J connectivity index is 1.93. The van der Waals surface area contributed by atoms with Gasteiger partial charge in [-0.25, -0.2) is 15.0 Å². The van der Waals surface area contributed by atoms with Crippen molar-refractivity contribution in [3.8, 4) is 0 Å². The van der Waals surface area contributed by atoms with Crippen molar-refractivity contribution >= 4 is 51.8 Å². The van der Waals surface area contributed by atoms with Crippen LogP contribution in [-0.2, 0) is 6.42 Å². The minimum Gasteiger partial charge on any atom is -0.384 e. The number of hydrogen-bond donors (Lipinski definition) is 2. The number of nitrogens with two attached hydrogens (primary N) is 1. The first-order chi connectivity index (χ1) is 11.5. The van der Waals surface area contributed by atoms with Gasteiger partial charge in [0.2, 0.25) is 0 Å². The number of rotatable bonds is 5. The highest BCUT2D eigenvalue weighted by Crippen LogP contribution is 2.36. The van der Waals surface area contributed by atoms with Crippen LogP contribution >= 0.6 is 35.1 Å². The van der Waals surface area contributed by atoms with Crippen LogP contribution in [0.25, 0.3) is 10.9 Å². The number of nitrogens with zero attached hydrogens (tertiary/aromatic N) is 3. The van der Waals surface area contributed by atoms with E-state index in [0.29, 0.717) is 16.1 Å². The zero-order valence-electron chi connectivity index (χ0n) is 13.6. The Morgan fingerprint density at radius 3 is 2.79 bits per heavy atom. The second-order valence-electron chi connectivity index (χ2n) is 5.31. The molecule has 3 aromatic heterocycles. The van der Waals surface area contributed by atoms with Crippen LogP contribution in [-0.4, -0.2) is 26.2 Å². The second-order valence-corrected chi connectivity index (χ2v) is 7.80. The number of nitrogen functional groups attached to an aromatic ring is 1. The predicted molar refractivity (Wildman–Crippen MR) is 103 cm³/mol. The molecule has 8 heteroatoms. The van der Waals surface area contributed by atoms with E-state index in [2.05, 4.69) is 39.8 Å². The first kappa shape index (κ1) is 17.4. The number of pyridine rings is 1. The number of aromatic nitrogens is 4. The zero-order chi connectivity index (χ0) is 17.3. The molecule has 0 radical (unpaired) electrons. The van der Waals surface area contributed by atoms with Crippen molar-refractivity contribution in [3.05, 3.63) is 34.7 Å². The molecule has 24 heavy (non-hydrogen) atoms. The first-order valence-corrected chi connectivity index (χ1v) is 10.0. The molecule has 0 amide bonds. The van der Waals surface area contributed by atoms with E-state index in [4.69, 9.17) is 17.3 Å². The molecule has 5 nitrogen and oxygen atoms in total. The lowest BCUT2D eigenvalue weighted by Crippen LogP contribution is -1.99. The molecule has 1 unspecified atom stereocenters. The van der Waals surface area contributed by atoms with Crippen LogP contribution in [0.4, 0.5) is 5.82 Å². The summed E-state index contributed by atoms with van der Waals surface area (Å²) in [5.74, 6) is 0.476. The highest BCUT2D eigenvalue weighted by molar-refractivity contribution is 7.99. The third-order valence-corrected chi connectivity index (χ3v) is 5.61. The van der Waals surface area contributed by atoms with E-state index >= 15 is 0 Å². The van der Waals surface area contributed by atoms with Gasteiger partial charge < -0.3 is 10.7 Å². The summed E-state index contributed by atoms with van der Waals surface area (Å²) in [7, 11) is 0. The van der Waals surface area contributed by atoms with Crippen LogP contribution < -0.4 is 5.73 Å². The number of fused-ring (bicyclic) bond motifs is 1. The van der Waals surface area contributed by atoms with Gasteiger partial charge in [0, 0.05) is 17.6 Å². The van der Waals surface area contributed by atoms with E-state index < -0.39 is 0 Å². The number of hydrogen-bond acceptors (Lipinski definition) is 6. The predicted octanol–water partition coefficient (Wildman–Crippen LogP) is 4.73. The van der Waals surface area contributed by atoms with Gasteiger partial charge in [0.25, 0.3) is 0 Å². The molecule has 126 valence electrons. The summed E-state index contributed by atoms with van der Waals surface area (Å²) in [6, 6.07) is 3.86. The van der Waals surface area contributed by atoms with Crippen molar-refractivity contribution in [2.75, 3.05) is 12.0 Å². The normalized spacial score (nSPS) is 12.7. The summed E-state index contributed by atoms with van der Waals surface area (Å²) in [5.41, 5.74) is 8.88. The summed E-state index contributed by atoms with van der Waals surface area (Å²) < 4.78 is 0. The molecule has 0 saturated carbocycles. The van der Waals surface area contributed by atoms with Crippen LogP contribution in [0.15, 0.2) is 28.5 Å². The Morgan fingerprint density at radius 1 is 1.29 bits per heavy atom. The Morgan fingerprint density at radius 2 is 2.08 bits per heavy atom. The van der Waals surface area contributed by atoms with Gasteiger partial charge in [-0.05, 0) is 31.2 Å². The molecule has 0 aliphatic rings. The van der Waals surface area contributed by atoms with E-state index in [1.807, 2.05) is 12.5 Å². The van der Waals surface area contributed by atoms with E-state index in [0.717, 1.165) is 28.0 Å². The molecule has 0 aromatic carbocycles. The summed E-state index contributed by atoms with van der Waals surface area (Å²) in [4.78, 5) is 16.5. The van der Waals surface area contributed by atoms with Crippen molar-refractivity contribution in [1.29, 1.82) is 0 Å². The molecule has 3 N–H and O–H groups in total. The third-order valence-electron chi connectivity index (χ3n) is 3.72. The Kier molecular flexibility index (Phi) is 5.22. The molecule has 0 fully saturated rings. The van der Waals surface area contributed by atoms with E-state index in [1.165, 1.54) is 17.3 Å². The first-order valence-electron chi connectivity index (χ1n) is 7.53. The average Bonchev–Trinajstić information content (AvgIpc) is 2.97. The third kappa shape index (κ3) is 3.48. The number of nitrogens with one attached hydrogen (secondary N) is 1. The Hall–Kier alpha value is -1.44. The minimum absolute atomic E-state index is 0.0583. The number of H-pyrrole nitrogens is 1. The van der Waals surface area contributed by atoms with Crippen molar-refractivity contribution in [2.24, 2.45) is 0 Å². The van der Waals surface area contributed by atoms with Crippen LogP contribution in [0.3, 0.4) is 0 Å². The quantitative estimate of drug-likeness (QED) is 0.289. The lowest BCUT2D eigenvalue weighted by atomic mass is 10.1. The maximum absolute atomic E-state index is 6.35. The van der Waals surface area contributed by atoms with Gasteiger partial charge >= 0.3 is 0 Å². The average molecular weight is 380 g/mol. The number of halogens is 1. The molecule has 0 spiro atoms. The van der Waals surface area contributed by atoms with E-state index in [-0.39, 0.29) is 5.25 Å². The Labute approximate surface area is 154 Å². The van der Waals surface area contributed by atoms with Crippen molar-refractivity contribution in [1.82, 2.24) is 19.9 Å². The molecular weight excluding hydrogens is 362 g/mol. The molecular formula is C16H18ClN5S2. The van der Waals surface area contributed by atoms with Crippen LogP contribution in [0.2, 0.25) is 5.15 Å². The standard InChI is InChI=1S/C16H18ClN5S2/c1-4-9-7-19-14-10(9)5-11(20-15(14)17)8(2)24-16-21-12(18)6-13(22-16)23-3/h5-8,19H,4H2,1-3H3,(H2,18,21,22). The molecule has 0 saturated heterocycles. The Bertz CT molecular complexity index is 880. The molecule has 3 heterocycles. The maximum atomic E-state index is 6.35. The van der Waals surface area contributed by atoms with Crippen LogP contribution in [0.1, 0.15) is 30.4 Å². The lowest BCUT2D eigenvalue weighted by Gasteiger charge is -2.12. The lowest BCUT2D eigenvalue weighted by molar-refractivity contribution is 0.888. The monoisotopic (exact) mass is 379 g/mol. The number of aryl methyl sites for hydroxylation is 1. The van der Waals surface area contributed by atoms with E-state index in [1.54, 1.807) is 17.8 Å². The second kappa shape index (κ2) is 7.21. The van der Waals surface area contributed by atoms with Gasteiger partial charge in [-0.15, -0.1) is 11.8 Å². The largest absolute Gasteiger partial charge is 0.384 e. The van der Waals surface area contributed by atoms with Gasteiger partial charge in [-0.2, -0.15) is 0 Å². The number of aromatic amines is 1. The molecule has 1 atom stereocenters. The van der Waals surface area contributed by atoms with Crippen LogP contribution in [0.5, 0.6) is 0 Å². The zero-order valence-corrected chi connectivity index (χ0v) is 16.0. The number of thioether (sulfide) groups is 2. The maximum Gasteiger partial charge on any atom is 0.191 e. The fourth-order valence-corrected chi connectivity index (χ4v) is 4.05. The highest BCUT2D eigenvalue weighted by Gasteiger charge is 2.16. The summed E-state index contributed by atoms with van der Waals surface area (Å²) >= 11 is 9.42. The summed E-state index contributed by atoms with van der Waals surface area (Å²) in [6.07, 6.45) is 4.90. The smallest absolute Gasteiger partial charge is 0.191 e. The van der Waals surface area contributed by atoms with Gasteiger partial charge in [0.15, 0.2) is 10.3 Å². The summed E-state index contributed by atoms with van der Waals surface area (Å²) in [6.45, 7) is 4.19. The molecule has 3 rings (SSSR count). The summed E-state index contributed by atoms with van der Waals surface area (Å²) in [5, 5.41) is 3.18. The van der Waals surface area contributed by atoms with Crippen molar-refractivity contribution in [3.63, 3.8) is 0 Å². The van der Waals surface area contributed by atoms with E-state index in [9.17, 15) is 0 Å². The fraction of sp³-hybridized carbons (Fsp3) is 0.312. The van der Waals surface area contributed by atoms with Gasteiger partial charge in [0.05, 0.1) is 16.5 Å². The molecule has 0 aliphatic heterocycles. The highest BCUT2D eigenvalue weighted by atomic mass is 35.5.